The Kier molecular flexibility index (Phi) is 5.92. The molecular weight excluding hydrogens is 334 g/mol. The highest BCUT2D eigenvalue weighted by Gasteiger charge is 2.30. The van der Waals surface area contributed by atoms with Crippen molar-refractivity contribution in [2.45, 2.75) is 23.8 Å². The van der Waals surface area contributed by atoms with Crippen LogP contribution in [-0.4, -0.2) is 66.8 Å². The molecule has 1 aromatic carbocycles. The Bertz CT molecular complexity index is 684. The molecule has 8 nitrogen and oxygen atoms in total. The summed E-state index contributed by atoms with van der Waals surface area (Å²) >= 11 is 0. The van der Waals surface area contributed by atoms with Crippen molar-refractivity contribution in [1.82, 2.24) is 9.21 Å². The maximum absolute atomic E-state index is 12.5. The number of carboxylic acids is 1. The summed E-state index contributed by atoms with van der Waals surface area (Å²) in [7, 11) is -3.55. The van der Waals surface area contributed by atoms with Gasteiger partial charge < -0.3 is 15.7 Å². The topological polar surface area (TPSA) is 121 Å². The van der Waals surface area contributed by atoms with Crippen LogP contribution in [0, 0.1) is 0 Å². The van der Waals surface area contributed by atoms with E-state index < -0.39 is 22.0 Å². The number of nitrogens with two attached hydrogens (primary N) is 1. The van der Waals surface area contributed by atoms with E-state index in [0.29, 0.717) is 0 Å². The third-order valence-electron chi connectivity index (χ3n) is 3.96. The minimum absolute atomic E-state index is 0.0406. The minimum atomic E-state index is -3.55. The van der Waals surface area contributed by atoms with Gasteiger partial charge in [0.15, 0.2) is 0 Å². The standard InChI is InChI=1S/C15H21N3O5S/c16-13(15(20)21)6-7-14(19)17-8-10-18(11-9-17)24(22,23)12-4-2-1-3-5-12/h1-5,13H,6-11,16H2,(H,20,21)/t13-/m0/s1. The molecule has 9 heteroatoms. The predicted molar refractivity (Wildman–Crippen MR) is 86.6 cm³/mol. The Labute approximate surface area is 140 Å². The molecule has 1 amide bonds. The van der Waals surface area contributed by atoms with Crippen LogP contribution in [0.4, 0.5) is 0 Å². The lowest BCUT2D eigenvalue weighted by atomic mass is 10.1. The summed E-state index contributed by atoms with van der Waals surface area (Å²) in [4.78, 5) is 24.5. The van der Waals surface area contributed by atoms with E-state index in [1.807, 2.05) is 0 Å². The van der Waals surface area contributed by atoms with Crippen LogP contribution in [0.5, 0.6) is 0 Å². The van der Waals surface area contributed by atoms with E-state index in [2.05, 4.69) is 0 Å². The number of hydrogen-bond acceptors (Lipinski definition) is 5. The van der Waals surface area contributed by atoms with Gasteiger partial charge in [-0.2, -0.15) is 4.31 Å². The number of aliphatic carboxylic acids is 1. The Morgan fingerprint density at radius 1 is 1.12 bits per heavy atom. The molecule has 2 rings (SSSR count). The Morgan fingerprint density at radius 3 is 2.25 bits per heavy atom. The molecule has 0 aliphatic carbocycles. The van der Waals surface area contributed by atoms with Gasteiger partial charge >= 0.3 is 5.97 Å². The minimum Gasteiger partial charge on any atom is -0.480 e. The highest BCUT2D eigenvalue weighted by molar-refractivity contribution is 7.89. The Balaban J connectivity index is 1.89. The van der Waals surface area contributed by atoms with E-state index in [0.717, 1.165) is 0 Å². The summed E-state index contributed by atoms with van der Waals surface area (Å²) in [5.41, 5.74) is 5.38. The molecule has 3 N–H and O–H groups in total. The molecule has 1 atom stereocenters. The monoisotopic (exact) mass is 355 g/mol. The summed E-state index contributed by atoms with van der Waals surface area (Å²) in [6.45, 7) is 1.00. The van der Waals surface area contributed by atoms with Crippen molar-refractivity contribution in [3.8, 4) is 0 Å². The molecule has 0 aromatic heterocycles. The van der Waals surface area contributed by atoms with E-state index in [-0.39, 0.29) is 49.8 Å². The first-order valence-electron chi connectivity index (χ1n) is 7.63. The van der Waals surface area contributed by atoms with Crippen LogP contribution in [-0.2, 0) is 19.6 Å². The zero-order chi connectivity index (χ0) is 17.7. The van der Waals surface area contributed by atoms with Crippen LogP contribution in [0.15, 0.2) is 35.2 Å². The van der Waals surface area contributed by atoms with E-state index in [9.17, 15) is 18.0 Å². The van der Waals surface area contributed by atoms with Gasteiger partial charge in [-0.15, -0.1) is 0 Å². The number of rotatable bonds is 6. The van der Waals surface area contributed by atoms with Crippen molar-refractivity contribution in [2.24, 2.45) is 5.73 Å². The second-order valence-corrected chi connectivity index (χ2v) is 7.52. The number of benzene rings is 1. The van der Waals surface area contributed by atoms with Gasteiger partial charge in [-0.05, 0) is 18.6 Å². The predicted octanol–water partition coefficient (Wildman–Crippen LogP) is -0.288. The molecule has 1 aliphatic rings. The van der Waals surface area contributed by atoms with Crippen LogP contribution in [0.1, 0.15) is 12.8 Å². The maximum Gasteiger partial charge on any atom is 0.320 e. The van der Waals surface area contributed by atoms with Gasteiger partial charge in [0.2, 0.25) is 15.9 Å². The van der Waals surface area contributed by atoms with Crippen LogP contribution < -0.4 is 5.73 Å². The van der Waals surface area contributed by atoms with Gasteiger partial charge in [0.1, 0.15) is 6.04 Å². The third kappa shape index (κ3) is 4.31. The molecule has 0 bridgehead atoms. The molecule has 24 heavy (non-hydrogen) atoms. The van der Waals surface area contributed by atoms with Gasteiger partial charge in [-0.3, -0.25) is 9.59 Å². The Morgan fingerprint density at radius 2 is 1.71 bits per heavy atom. The van der Waals surface area contributed by atoms with Crippen molar-refractivity contribution in [3.05, 3.63) is 30.3 Å². The van der Waals surface area contributed by atoms with Gasteiger partial charge in [-0.25, -0.2) is 8.42 Å². The van der Waals surface area contributed by atoms with E-state index in [4.69, 9.17) is 10.8 Å². The number of nitrogens with zero attached hydrogens (tertiary/aromatic N) is 2. The molecule has 0 spiro atoms. The largest absolute Gasteiger partial charge is 0.480 e. The van der Waals surface area contributed by atoms with E-state index >= 15 is 0 Å². The number of carbonyl (C=O) groups is 2. The lowest BCUT2D eigenvalue weighted by Gasteiger charge is -2.34. The van der Waals surface area contributed by atoms with Crippen LogP contribution in [0.2, 0.25) is 0 Å². The van der Waals surface area contributed by atoms with Gasteiger partial charge in [0.05, 0.1) is 4.90 Å². The number of piperazine rings is 1. The molecule has 1 aliphatic heterocycles. The number of hydrogen-bond donors (Lipinski definition) is 2. The molecule has 0 radical (unpaired) electrons. The van der Waals surface area contributed by atoms with Crippen molar-refractivity contribution < 1.29 is 23.1 Å². The smallest absolute Gasteiger partial charge is 0.320 e. The summed E-state index contributed by atoms with van der Waals surface area (Å²) in [5.74, 6) is -1.34. The highest BCUT2D eigenvalue weighted by atomic mass is 32.2. The second kappa shape index (κ2) is 7.73. The van der Waals surface area contributed by atoms with Crippen molar-refractivity contribution >= 4 is 21.9 Å². The fraction of sp³-hybridized carbons (Fsp3) is 0.467. The lowest BCUT2D eigenvalue weighted by Crippen LogP contribution is -2.50. The number of carboxylic acid groups (broad SMARTS) is 1. The fourth-order valence-electron chi connectivity index (χ4n) is 2.48. The number of sulfonamides is 1. The van der Waals surface area contributed by atoms with Crippen molar-refractivity contribution in [3.63, 3.8) is 0 Å². The quantitative estimate of drug-likeness (QED) is 0.723. The fourth-order valence-corrected chi connectivity index (χ4v) is 3.92. The third-order valence-corrected chi connectivity index (χ3v) is 5.87. The van der Waals surface area contributed by atoms with Crippen molar-refractivity contribution in [1.29, 1.82) is 0 Å². The first kappa shape index (κ1) is 18.4. The number of carbonyl (C=O) groups excluding carboxylic acids is 1. The molecular formula is C15H21N3O5S. The molecule has 132 valence electrons. The second-order valence-electron chi connectivity index (χ2n) is 5.58. The summed E-state index contributed by atoms with van der Waals surface area (Å²) in [5, 5.41) is 8.71. The zero-order valence-electron chi connectivity index (χ0n) is 13.2. The van der Waals surface area contributed by atoms with E-state index in [1.54, 1.807) is 35.2 Å². The average molecular weight is 355 g/mol. The van der Waals surface area contributed by atoms with Gasteiger partial charge in [0, 0.05) is 32.6 Å². The summed E-state index contributed by atoms with van der Waals surface area (Å²) in [6.07, 6.45) is 0.107. The molecule has 1 heterocycles. The first-order chi connectivity index (χ1) is 11.3. The summed E-state index contributed by atoms with van der Waals surface area (Å²) in [6, 6.07) is 7.10. The van der Waals surface area contributed by atoms with E-state index in [1.165, 1.54) is 4.31 Å². The van der Waals surface area contributed by atoms with Gasteiger partial charge in [-0.1, -0.05) is 18.2 Å². The number of amides is 1. The normalized spacial score (nSPS) is 17.5. The first-order valence-corrected chi connectivity index (χ1v) is 9.07. The zero-order valence-corrected chi connectivity index (χ0v) is 14.0. The van der Waals surface area contributed by atoms with Crippen LogP contribution in [0.25, 0.3) is 0 Å². The van der Waals surface area contributed by atoms with Crippen LogP contribution in [0.3, 0.4) is 0 Å². The highest BCUT2D eigenvalue weighted by Crippen LogP contribution is 2.17. The molecule has 1 saturated heterocycles. The molecule has 1 aromatic rings. The Hall–Kier alpha value is -1.97. The van der Waals surface area contributed by atoms with Crippen LogP contribution >= 0.6 is 0 Å². The summed E-state index contributed by atoms with van der Waals surface area (Å²) < 4.78 is 26.3. The average Bonchev–Trinajstić information content (AvgIpc) is 2.60. The molecule has 0 saturated carbocycles. The van der Waals surface area contributed by atoms with Crippen molar-refractivity contribution in [2.75, 3.05) is 26.2 Å². The molecule has 0 unspecified atom stereocenters. The van der Waals surface area contributed by atoms with Gasteiger partial charge in [0.25, 0.3) is 0 Å². The maximum atomic E-state index is 12.5. The molecule has 1 fully saturated rings. The SMILES string of the molecule is N[C@@H](CCC(=O)N1CCN(S(=O)(=O)c2ccccc2)CC1)C(=O)O. The lowest BCUT2D eigenvalue weighted by molar-refractivity contribution is -0.139.